The molecule has 1 aliphatic rings. The van der Waals surface area contributed by atoms with E-state index < -0.39 is 11.9 Å². The number of halogens is 1. The van der Waals surface area contributed by atoms with Crippen molar-refractivity contribution >= 4 is 23.2 Å². The lowest BCUT2D eigenvalue weighted by atomic mass is 10.1. The maximum absolute atomic E-state index is 13.3. The number of carbonyl (C=O) groups is 2. The molecule has 1 N–H and O–H groups in total. The Morgan fingerprint density at radius 2 is 1.74 bits per heavy atom. The molecule has 4 nitrogen and oxygen atoms in total. The van der Waals surface area contributed by atoms with Gasteiger partial charge < -0.3 is 5.32 Å². The predicted molar refractivity (Wildman–Crippen MR) is 86.8 cm³/mol. The maximum Gasteiger partial charge on any atom is 0.256 e. The summed E-state index contributed by atoms with van der Waals surface area (Å²) in [7, 11) is 0. The van der Waals surface area contributed by atoms with Gasteiger partial charge in [0.05, 0.1) is 12.1 Å². The number of hydrogen-bond donors (Lipinski definition) is 1. The van der Waals surface area contributed by atoms with Gasteiger partial charge in [-0.15, -0.1) is 0 Å². The largest absolute Gasteiger partial charge is 0.373 e. The first-order chi connectivity index (χ1) is 11.0. The van der Waals surface area contributed by atoms with E-state index in [0.29, 0.717) is 11.4 Å². The molecule has 1 atom stereocenters. The molecule has 1 heterocycles. The summed E-state index contributed by atoms with van der Waals surface area (Å²) in [6.45, 7) is 3.74. The van der Waals surface area contributed by atoms with Crippen molar-refractivity contribution in [2.24, 2.45) is 0 Å². The van der Waals surface area contributed by atoms with Crippen LogP contribution in [-0.2, 0) is 9.59 Å². The molecule has 23 heavy (non-hydrogen) atoms. The highest BCUT2D eigenvalue weighted by Crippen LogP contribution is 2.30. The van der Waals surface area contributed by atoms with Crippen LogP contribution in [0.3, 0.4) is 0 Å². The van der Waals surface area contributed by atoms with Gasteiger partial charge in [-0.05, 0) is 43.2 Å². The van der Waals surface area contributed by atoms with E-state index in [1.54, 1.807) is 12.1 Å². The van der Waals surface area contributed by atoms with E-state index in [0.717, 1.165) is 11.1 Å². The van der Waals surface area contributed by atoms with Crippen LogP contribution in [-0.4, -0.2) is 17.9 Å². The van der Waals surface area contributed by atoms with E-state index in [1.165, 1.54) is 17.0 Å². The van der Waals surface area contributed by atoms with Gasteiger partial charge >= 0.3 is 0 Å². The Bertz CT molecular complexity index is 768. The topological polar surface area (TPSA) is 49.4 Å². The normalized spacial score (nSPS) is 17.7. The standard InChI is InChI=1S/C18H17FN2O2/c1-11-5-3-6-12(2)17(11)21-16(22)10-15(18(21)23)20-14-8-4-7-13(19)9-14/h3-9,15,20H,10H2,1-2H3. The second kappa shape index (κ2) is 5.83. The van der Waals surface area contributed by atoms with E-state index in [9.17, 15) is 14.0 Å². The quantitative estimate of drug-likeness (QED) is 0.886. The third-order valence-corrected chi connectivity index (χ3v) is 3.98. The average Bonchev–Trinajstić information content (AvgIpc) is 2.75. The highest BCUT2D eigenvalue weighted by atomic mass is 19.1. The second-order valence-electron chi connectivity index (χ2n) is 5.72. The van der Waals surface area contributed by atoms with Crippen LogP contribution in [0.5, 0.6) is 0 Å². The number of benzene rings is 2. The van der Waals surface area contributed by atoms with Gasteiger partial charge in [-0.2, -0.15) is 0 Å². The molecule has 0 spiro atoms. The first-order valence-electron chi connectivity index (χ1n) is 7.42. The van der Waals surface area contributed by atoms with Crippen LogP contribution < -0.4 is 10.2 Å². The Balaban J connectivity index is 1.88. The van der Waals surface area contributed by atoms with Gasteiger partial charge in [0, 0.05) is 5.69 Å². The van der Waals surface area contributed by atoms with Crippen molar-refractivity contribution < 1.29 is 14.0 Å². The van der Waals surface area contributed by atoms with E-state index in [4.69, 9.17) is 0 Å². The van der Waals surface area contributed by atoms with Crippen LogP contribution in [0.25, 0.3) is 0 Å². The predicted octanol–water partition coefficient (Wildman–Crippen LogP) is 3.19. The number of amides is 2. The Morgan fingerprint density at radius 3 is 2.39 bits per heavy atom. The Morgan fingerprint density at radius 1 is 1.09 bits per heavy atom. The Kier molecular flexibility index (Phi) is 3.86. The fourth-order valence-electron chi connectivity index (χ4n) is 2.92. The lowest BCUT2D eigenvalue weighted by Crippen LogP contribution is -2.35. The lowest BCUT2D eigenvalue weighted by molar-refractivity contribution is -0.121. The number of anilines is 2. The van der Waals surface area contributed by atoms with E-state index in [1.807, 2.05) is 32.0 Å². The zero-order chi connectivity index (χ0) is 16.6. The van der Waals surface area contributed by atoms with Crippen molar-refractivity contribution in [3.63, 3.8) is 0 Å². The molecule has 0 aromatic heterocycles. The van der Waals surface area contributed by atoms with Crippen LogP contribution in [0, 0.1) is 19.7 Å². The summed E-state index contributed by atoms with van der Waals surface area (Å²) >= 11 is 0. The first-order valence-corrected chi connectivity index (χ1v) is 7.42. The second-order valence-corrected chi connectivity index (χ2v) is 5.72. The van der Waals surface area contributed by atoms with Crippen molar-refractivity contribution in [3.8, 4) is 0 Å². The van der Waals surface area contributed by atoms with Crippen molar-refractivity contribution in [2.75, 3.05) is 10.2 Å². The number of aryl methyl sites for hydroxylation is 2. The van der Waals surface area contributed by atoms with Crippen LogP contribution in [0.2, 0.25) is 0 Å². The molecular weight excluding hydrogens is 295 g/mol. The van der Waals surface area contributed by atoms with Crippen molar-refractivity contribution in [3.05, 3.63) is 59.4 Å². The molecule has 1 saturated heterocycles. The molecule has 5 heteroatoms. The molecule has 3 rings (SSSR count). The number of para-hydroxylation sites is 1. The zero-order valence-electron chi connectivity index (χ0n) is 13.0. The number of imide groups is 1. The smallest absolute Gasteiger partial charge is 0.256 e. The summed E-state index contributed by atoms with van der Waals surface area (Å²) in [6, 6.07) is 10.8. The van der Waals surface area contributed by atoms with E-state index >= 15 is 0 Å². The molecule has 1 fully saturated rings. The molecule has 118 valence electrons. The van der Waals surface area contributed by atoms with Crippen molar-refractivity contribution in [1.82, 2.24) is 0 Å². The van der Waals surface area contributed by atoms with Crippen LogP contribution in [0.4, 0.5) is 15.8 Å². The van der Waals surface area contributed by atoms with Gasteiger partial charge in [-0.1, -0.05) is 24.3 Å². The number of nitrogens with one attached hydrogen (secondary N) is 1. The van der Waals surface area contributed by atoms with Crippen molar-refractivity contribution in [1.29, 1.82) is 0 Å². The number of nitrogens with zero attached hydrogens (tertiary/aromatic N) is 1. The maximum atomic E-state index is 13.3. The summed E-state index contributed by atoms with van der Waals surface area (Å²) in [4.78, 5) is 26.2. The Hall–Kier alpha value is -2.69. The summed E-state index contributed by atoms with van der Waals surface area (Å²) < 4.78 is 13.3. The van der Waals surface area contributed by atoms with Gasteiger partial charge in [0.25, 0.3) is 5.91 Å². The van der Waals surface area contributed by atoms with E-state index in [2.05, 4.69) is 5.32 Å². The highest BCUT2D eigenvalue weighted by molar-refractivity contribution is 6.23. The van der Waals surface area contributed by atoms with Crippen LogP contribution >= 0.6 is 0 Å². The summed E-state index contributed by atoms with van der Waals surface area (Å²) in [5.41, 5.74) is 2.88. The Labute approximate surface area is 133 Å². The summed E-state index contributed by atoms with van der Waals surface area (Å²) in [6.07, 6.45) is 0.0587. The molecule has 0 saturated carbocycles. The summed E-state index contributed by atoms with van der Waals surface area (Å²) in [5, 5.41) is 2.95. The average molecular weight is 312 g/mol. The minimum absolute atomic E-state index is 0.0587. The highest BCUT2D eigenvalue weighted by Gasteiger charge is 2.40. The van der Waals surface area contributed by atoms with Crippen LogP contribution in [0.1, 0.15) is 17.5 Å². The fourth-order valence-corrected chi connectivity index (χ4v) is 2.92. The number of rotatable bonds is 3. The molecule has 2 amide bonds. The van der Waals surface area contributed by atoms with Gasteiger partial charge in [-0.3, -0.25) is 9.59 Å². The van der Waals surface area contributed by atoms with Gasteiger partial charge in [-0.25, -0.2) is 9.29 Å². The van der Waals surface area contributed by atoms with Crippen LogP contribution in [0.15, 0.2) is 42.5 Å². The first kappa shape index (κ1) is 15.2. The fraction of sp³-hybridized carbons (Fsp3) is 0.222. The number of carbonyl (C=O) groups excluding carboxylic acids is 2. The zero-order valence-corrected chi connectivity index (χ0v) is 13.0. The third-order valence-electron chi connectivity index (χ3n) is 3.98. The molecule has 2 aromatic rings. The monoisotopic (exact) mass is 312 g/mol. The molecule has 0 bridgehead atoms. The van der Waals surface area contributed by atoms with Gasteiger partial charge in [0.15, 0.2) is 0 Å². The SMILES string of the molecule is Cc1cccc(C)c1N1C(=O)CC(Nc2cccc(F)c2)C1=O. The van der Waals surface area contributed by atoms with Crippen molar-refractivity contribution in [2.45, 2.75) is 26.3 Å². The summed E-state index contributed by atoms with van der Waals surface area (Å²) in [5.74, 6) is -0.948. The molecule has 1 unspecified atom stereocenters. The lowest BCUT2D eigenvalue weighted by Gasteiger charge is -2.20. The minimum atomic E-state index is -0.677. The molecule has 0 aliphatic carbocycles. The van der Waals surface area contributed by atoms with Gasteiger partial charge in [0.2, 0.25) is 5.91 Å². The molecule has 0 radical (unpaired) electrons. The van der Waals surface area contributed by atoms with E-state index in [-0.39, 0.29) is 18.2 Å². The number of hydrogen-bond acceptors (Lipinski definition) is 3. The minimum Gasteiger partial charge on any atom is -0.373 e. The third kappa shape index (κ3) is 2.82. The molecule has 2 aromatic carbocycles. The molecule has 1 aliphatic heterocycles. The molecular formula is C18H17FN2O2. The van der Waals surface area contributed by atoms with Gasteiger partial charge in [0.1, 0.15) is 11.9 Å².